The lowest BCUT2D eigenvalue weighted by Gasteiger charge is -2.38. The van der Waals surface area contributed by atoms with Crippen LogP contribution in [0.3, 0.4) is 0 Å². The highest BCUT2D eigenvalue weighted by atomic mass is 19.1. The van der Waals surface area contributed by atoms with Gasteiger partial charge in [0.1, 0.15) is 5.82 Å². The minimum Gasteiger partial charge on any atom is -0.478 e. The summed E-state index contributed by atoms with van der Waals surface area (Å²) in [7, 11) is 0. The molecule has 5 nitrogen and oxygen atoms in total. The average molecular weight is 453 g/mol. The Hall–Kier alpha value is -2.73. The number of rotatable bonds is 7. The van der Waals surface area contributed by atoms with Gasteiger partial charge in [0.05, 0.1) is 11.0 Å². The highest BCUT2D eigenvalue weighted by molar-refractivity contribution is 5.87. The van der Waals surface area contributed by atoms with E-state index in [0.29, 0.717) is 11.5 Å². The van der Waals surface area contributed by atoms with Gasteiger partial charge in [0.15, 0.2) is 0 Å². The van der Waals surface area contributed by atoms with Crippen molar-refractivity contribution < 1.29 is 19.1 Å². The van der Waals surface area contributed by atoms with Gasteiger partial charge in [-0.25, -0.2) is 9.18 Å². The van der Waals surface area contributed by atoms with E-state index in [9.17, 15) is 14.0 Å². The fourth-order valence-electron chi connectivity index (χ4n) is 5.39. The molecule has 0 saturated carbocycles. The highest BCUT2D eigenvalue weighted by Gasteiger charge is 2.52. The molecule has 2 aliphatic heterocycles. The summed E-state index contributed by atoms with van der Waals surface area (Å²) in [6, 6.07) is 13.8. The molecule has 2 saturated heterocycles. The lowest BCUT2D eigenvalue weighted by Crippen LogP contribution is -2.45. The van der Waals surface area contributed by atoms with Gasteiger partial charge in [0.2, 0.25) is 5.91 Å². The number of halogens is 1. The van der Waals surface area contributed by atoms with Gasteiger partial charge in [-0.15, -0.1) is 0 Å². The number of carboxylic acid groups (broad SMARTS) is 1. The molecule has 1 amide bonds. The van der Waals surface area contributed by atoms with E-state index in [1.807, 2.05) is 24.3 Å². The SMILES string of the molecule is CC(C)CN1C(=O)C2(CCN(Cc3ccc(C(=O)O)cc3)CC2)CC1Cc1ccc(F)cc1. The van der Waals surface area contributed by atoms with Crippen LogP contribution in [-0.2, 0) is 17.8 Å². The number of carbonyl (C=O) groups excluding carboxylic acids is 1. The van der Waals surface area contributed by atoms with Crippen LogP contribution in [0.1, 0.15) is 54.6 Å². The van der Waals surface area contributed by atoms with Crippen molar-refractivity contribution in [2.45, 2.75) is 52.1 Å². The predicted molar refractivity (Wildman–Crippen MR) is 125 cm³/mol. The minimum atomic E-state index is -0.914. The molecule has 176 valence electrons. The van der Waals surface area contributed by atoms with E-state index in [0.717, 1.165) is 63.0 Å². The molecule has 2 aromatic rings. The molecule has 2 aliphatic rings. The summed E-state index contributed by atoms with van der Waals surface area (Å²) >= 11 is 0. The minimum absolute atomic E-state index is 0.153. The maximum atomic E-state index is 13.6. The normalized spacial score (nSPS) is 20.7. The molecule has 2 fully saturated rings. The van der Waals surface area contributed by atoms with E-state index in [2.05, 4.69) is 23.6 Å². The topological polar surface area (TPSA) is 60.9 Å². The van der Waals surface area contributed by atoms with Crippen LogP contribution >= 0.6 is 0 Å². The molecule has 1 spiro atoms. The van der Waals surface area contributed by atoms with Crippen LogP contribution in [-0.4, -0.2) is 52.5 Å². The van der Waals surface area contributed by atoms with Crippen molar-refractivity contribution in [1.29, 1.82) is 0 Å². The summed E-state index contributed by atoms with van der Waals surface area (Å²) in [5, 5.41) is 9.08. The second kappa shape index (κ2) is 9.64. The third kappa shape index (κ3) is 5.27. The molecular weight excluding hydrogens is 419 g/mol. The van der Waals surface area contributed by atoms with E-state index >= 15 is 0 Å². The summed E-state index contributed by atoms with van der Waals surface area (Å²) in [6.45, 7) is 7.51. The largest absolute Gasteiger partial charge is 0.478 e. The fraction of sp³-hybridized carbons (Fsp3) is 0.481. The molecule has 33 heavy (non-hydrogen) atoms. The lowest BCUT2D eigenvalue weighted by atomic mass is 9.75. The molecule has 1 atom stereocenters. The number of carbonyl (C=O) groups is 2. The van der Waals surface area contributed by atoms with E-state index < -0.39 is 5.97 Å². The van der Waals surface area contributed by atoms with Gasteiger partial charge in [-0.05, 0) is 80.1 Å². The van der Waals surface area contributed by atoms with Gasteiger partial charge in [0, 0.05) is 19.1 Å². The fourth-order valence-corrected chi connectivity index (χ4v) is 5.39. The third-order valence-electron chi connectivity index (χ3n) is 7.15. The summed E-state index contributed by atoms with van der Waals surface area (Å²) in [6.07, 6.45) is 3.30. The van der Waals surface area contributed by atoms with Crippen molar-refractivity contribution >= 4 is 11.9 Å². The molecule has 1 N–H and O–H groups in total. The number of nitrogens with zero attached hydrogens (tertiary/aromatic N) is 2. The molecule has 0 aromatic heterocycles. The van der Waals surface area contributed by atoms with Gasteiger partial charge in [-0.3, -0.25) is 9.69 Å². The Kier molecular flexibility index (Phi) is 6.84. The summed E-state index contributed by atoms with van der Waals surface area (Å²) in [4.78, 5) is 29.1. The number of likely N-dealkylation sites (tertiary alicyclic amines) is 2. The second-order valence-corrected chi connectivity index (χ2v) is 10.1. The Bertz CT molecular complexity index is 979. The summed E-state index contributed by atoms with van der Waals surface area (Å²) in [5.74, 6) is -0.466. The maximum absolute atomic E-state index is 13.6. The monoisotopic (exact) mass is 452 g/mol. The smallest absolute Gasteiger partial charge is 0.335 e. The molecule has 4 rings (SSSR count). The van der Waals surface area contributed by atoms with Crippen LogP contribution in [0, 0.1) is 17.2 Å². The number of aromatic carboxylic acids is 1. The van der Waals surface area contributed by atoms with Crippen LogP contribution < -0.4 is 0 Å². The van der Waals surface area contributed by atoms with Crippen molar-refractivity contribution in [2.24, 2.45) is 11.3 Å². The molecular formula is C27H33FN2O3. The van der Waals surface area contributed by atoms with Crippen LogP contribution in [0.25, 0.3) is 0 Å². The first-order chi connectivity index (χ1) is 15.8. The molecule has 1 unspecified atom stereocenters. The van der Waals surface area contributed by atoms with Crippen molar-refractivity contribution in [3.05, 3.63) is 71.0 Å². The highest BCUT2D eigenvalue weighted by Crippen LogP contribution is 2.45. The number of amides is 1. The predicted octanol–water partition coefficient (Wildman–Crippen LogP) is 4.61. The molecule has 0 radical (unpaired) electrons. The van der Waals surface area contributed by atoms with E-state index in [1.165, 1.54) is 12.1 Å². The molecule has 0 aliphatic carbocycles. The number of piperidine rings is 1. The zero-order valence-corrected chi connectivity index (χ0v) is 19.5. The first kappa shape index (κ1) is 23.4. The summed E-state index contributed by atoms with van der Waals surface area (Å²) in [5.41, 5.74) is 2.15. The quantitative estimate of drug-likeness (QED) is 0.667. The molecule has 6 heteroatoms. The van der Waals surface area contributed by atoms with Crippen LogP contribution in [0.5, 0.6) is 0 Å². The van der Waals surface area contributed by atoms with Gasteiger partial charge < -0.3 is 10.0 Å². The Morgan fingerprint density at radius 1 is 1.06 bits per heavy atom. The second-order valence-electron chi connectivity index (χ2n) is 10.1. The summed E-state index contributed by atoms with van der Waals surface area (Å²) < 4.78 is 13.3. The first-order valence-electron chi connectivity index (χ1n) is 11.9. The van der Waals surface area contributed by atoms with Crippen molar-refractivity contribution in [3.8, 4) is 0 Å². The zero-order valence-electron chi connectivity index (χ0n) is 19.5. The Morgan fingerprint density at radius 3 is 2.24 bits per heavy atom. The number of benzene rings is 2. The Labute approximate surface area is 195 Å². The average Bonchev–Trinajstić information content (AvgIpc) is 3.02. The van der Waals surface area contributed by atoms with E-state index in [4.69, 9.17) is 5.11 Å². The van der Waals surface area contributed by atoms with Gasteiger partial charge in [-0.1, -0.05) is 38.1 Å². The van der Waals surface area contributed by atoms with Gasteiger partial charge in [-0.2, -0.15) is 0 Å². The zero-order chi connectivity index (χ0) is 23.6. The number of hydrogen-bond acceptors (Lipinski definition) is 3. The Morgan fingerprint density at radius 2 is 1.67 bits per heavy atom. The Balaban J connectivity index is 1.42. The lowest BCUT2D eigenvalue weighted by molar-refractivity contribution is -0.139. The van der Waals surface area contributed by atoms with Crippen LogP contribution in [0.4, 0.5) is 4.39 Å². The van der Waals surface area contributed by atoms with Gasteiger partial charge >= 0.3 is 5.97 Å². The number of carboxylic acids is 1. The van der Waals surface area contributed by atoms with Crippen molar-refractivity contribution in [2.75, 3.05) is 19.6 Å². The van der Waals surface area contributed by atoms with E-state index in [-0.39, 0.29) is 23.2 Å². The van der Waals surface area contributed by atoms with Crippen molar-refractivity contribution in [3.63, 3.8) is 0 Å². The van der Waals surface area contributed by atoms with Crippen molar-refractivity contribution in [1.82, 2.24) is 9.80 Å². The van der Waals surface area contributed by atoms with Crippen LogP contribution in [0.15, 0.2) is 48.5 Å². The van der Waals surface area contributed by atoms with E-state index in [1.54, 1.807) is 12.1 Å². The maximum Gasteiger partial charge on any atom is 0.335 e. The molecule has 2 aromatic carbocycles. The first-order valence-corrected chi connectivity index (χ1v) is 11.9. The molecule has 2 heterocycles. The number of hydrogen-bond donors (Lipinski definition) is 1. The standard InChI is InChI=1S/C27H33FN2O3/c1-19(2)17-30-24(15-20-5-9-23(28)10-6-20)16-27(26(30)33)11-13-29(14-12-27)18-21-3-7-22(8-4-21)25(31)32/h3-10,19,24H,11-18H2,1-2H3,(H,31,32). The van der Waals surface area contributed by atoms with Crippen LogP contribution in [0.2, 0.25) is 0 Å². The molecule has 0 bridgehead atoms. The third-order valence-corrected chi connectivity index (χ3v) is 7.15. The van der Waals surface area contributed by atoms with Gasteiger partial charge in [0.25, 0.3) is 0 Å².